The Balaban J connectivity index is 2.56. The summed E-state index contributed by atoms with van der Waals surface area (Å²) in [6.45, 7) is 6.64. The Labute approximate surface area is 111 Å². The first kappa shape index (κ1) is 12.3. The molecule has 17 heavy (non-hydrogen) atoms. The van der Waals surface area contributed by atoms with E-state index < -0.39 is 0 Å². The van der Waals surface area contributed by atoms with Gasteiger partial charge in [-0.15, -0.1) is 0 Å². The highest BCUT2D eigenvalue weighted by molar-refractivity contribution is 9.10. The molecule has 0 saturated carbocycles. The van der Waals surface area contributed by atoms with E-state index in [4.69, 9.17) is 0 Å². The van der Waals surface area contributed by atoms with Gasteiger partial charge in [-0.1, -0.05) is 48.8 Å². The zero-order valence-corrected chi connectivity index (χ0v) is 12.0. The fourth-order valence-corrected chi connectivity index (χ4v) is 2.14. The summed E-state index contributed by atoms with van der Waals surface area (Å²) in [4.78, 5) is 4.25. The number of hydrogen-bond donors (Lipinski definition) is 0. The highest BCUT2D eigenvalue weighted by atomic mass is 79.9. The molecular weight excluding hydrogens is 274 g/mol. The molecule has 2 heteroatoms. The van der Waals surface area contributed by atoms with Crippen LogP contribution < -0.4 is 0 Å². The summed E-state index contributed by atoms with van der Waals surface area (Å²) in [7, 11) is 0. The Kier molecular flexibility index (Phi) is 3.34. The van der Waals surface area contributed by atoms with E-state index in [1.54, 1.807) is 0 Å². The minimum absolute atomic E-state index is 0.108. The molecule has 1 nitrogen and oxygen atoms in total. The second-order valence-corrected chi connectivity index (χ2v) is 6.09. The lowest BCUT2D eigenvalue weighted by molar-refractivity contribution is 0.589. The summed E-state index contributed by atoms with van der Waals surface area (Å²) in [6.07, 6.45) is 3.82. The molecule has 88 valence electrons. The van der Waals surface area contributed by atoms with Crippen molar-refractivity contribution in [3.8, 4) is 11.1 Å². The molecule has 0 amide bonds. The second kappa shape index (κ2) is 4.61. The molecule has 1 aromatic carbocycles. The maximum absolute atomic E-state index is 4.25. The number of pyridine rings is 1. The van der Waals surface area contributed by atoms with E-state index in [9.17, 15) is 0 Å². The predicted octanol–water partition coefficient (Wildman–Crippen LogP) is 4.81. The smallest absolute Gasteiger partial charge is 0.0311 e. The van der Waals surface area contributed by atoms with Gasteiger partial charge in [-0.05, 0) is 40.3 Å². The van der Waals surface area contributed by atoms with Crippen LogP contribution >= 0.6 is 15.9 Å². The summed E-state index contributed by atoms with van der Waals surface area (Å²) in [5.74, 6) is 0. The first-order valence-electron chi connectivity index (χ1n) is 5.69. The summed E-state index contributed by atoms with van der Waals surface area (Å²) in [5.41, 5.74) is 3.89. The molecule has 2 aromatic rings. The lowest BCUT2D eigenvalue weighted by atomic mass is 9.83. The largest absolute Gasteiger partial charge is 0.264 e. The van der Waals surface area contributed by atoms with Gasteiger partial charge in [0.2, 0.25) is 0 Å². The van der Waals surface area contributed by atoms with Crippen LogP contribution in [-0.4, -0.2) is 4.98 Å². The molecule has 0 radical (unpaired) electrons. The number of nitrogens with zero attached hydrogens (tertiary/aromatic N) is 1. The van der Waals surface area contributed by atoms with Crippen LogP contribution in [0.25, 0.3) is 11.1 Å². The maximum Gasteiger partial charge on any atom is 0.0311 e. The van der Waals surface area contributed by atoms with Crippen molar-refractivity contribution >= 4 is 15.9 Å². The van der Waals surface area contributed by atoms with Crippen LogP contribution in [0.1, 0.15) is 26.3 Å². The van der Waals surface area contributed by atoms with E-state index in [0.717, 1.165) is 4.47 Å². The molecule has 1 aromatic heterocycles. The van der Waals surface area contributed by atoms with Gasteiger partial charge in [0.05, 0.1) is 0 Å². The highest BCUT2D eigenvalue weighted by Gasteiger charge is 2.18. The first-order chi connectivity index (χ1) is 7.98. The molecule has 0 bridgehead atoms. The Morgan fingerprint density at radius 2 is 1.65 bits per heavy atom. The van der Waals surface area contributed by atoms with Crippen LogP contribution in [0.4, 0.5) is 0 Å². The standard InChI is InChI=1S/C15H16BrN/c1-15(2,3)14-10-17-9-8-13(14)11-4-6-12(16)7-5-11/h4-10H,1-3H3. The summed E-state index contributed by atoms with van der Waals surface area (Å²) in [6, 6.07) is 10.5. The molecule has 0 saturated heterocycles. The molecule has 0 aliphatic rings. The Morgan fingerprint density at radius 1 is 1.00 bits per heavy atom. The van der Waals surface area contributed by atoms with Crippen molar-refractivity contribution in [2.45, 2.75) is 26.2 Å². The topological polar surface area (TPSA) is 12.9 Å². The zero-order valence-electron chi connectivity index (χ0n) is 10.4. The SMILES string of the molecule is CC(C)(C)c1cnccc1-c1ccc(Br)cc1. The second-order valence-electron chi connectivity index (χ2n) is 5.18. The average Bonchev–Trinajstić information content (AvgIpc) is 2.29. The van der Waals surface area contributed by atoms with E-state index in [2.05, 4.69) is 72.0 Å². The van der Waals surface area contributed by atoms with E-state index in [0.29, 0.717) is 0 Å². The lowest BCUT2D eigenvalue weighted by Crippen LogP contribution is -2.13. The van der Waals surface area contributed by atoms with Crippen molar-refractivity contribution in [3.63, 3.8) is 0 Å². The van der Waals surface area contributed by atoms with Crippen molar-refractivity contribution in [1.29, 1.82) is 0 Å². The van der Waals surface area contributed by atoms with Crippen molar-refractivity contribution < 1.29 is 0 Å². The normalized spacial score (nSPS) is 11.5. The quantitative estimate of drug-likeness (QED) is 0.734. The number of benzene rings is 1. The summed E-state index contributed by atoms with van der Waals surface area (Å²) < 4.78 is 1.10. The van der Waals surface area contributed by atoms with Crippen molar-refractivity contribution in [1.82, 2.24) is 4.98 Å². The van der Waals surface area contributed by atoms with E-state index in [1.165, 1.54) is 16.7 Å². The van der Waals surface area contributed by atoms with E-state index in [-0.39, 0.29) is 5.41 Å². The number of halogens is 1. The minimum atomic E-state index is 0.108. The van der Waals surface area contributed by atoms with Gasteiger partial charge in [-0.25, -0.2) is 0 Å². The van der Waals surface area contributed by atoms with E-state index in [1.807, 2.05) is 12.4 Å². The van der Waals surface area contributed by atoms with Gasteiger partial charge in [-0.2, -0.15) is 0 Å². The predicted molar refractivity (Wildman–Crippen MR) is 76.1 cm³/mol. The van der Waals surface area contributed by atoms with Gasteiger partial charge < -0.3 is 0 Å². The number of rotatable bonds is 1. The first-order valence-corrected chi connectivity index (χ1v) is 6.48. The molecule has 2 rings (SSSR count). The average molecular weight is 290 g/mol. The Hall–Kier alpha value is -1.15. The molecular formula is C15H16BrN. The number of aromatic nitrogens is 1. The van der Waals surface area contributed by atoms with Crippen LogP contribution in [0.3, 0.4) is 0 Å². The molecule has 0 unspecified atom stereocenters. The molecule has 0 aliphatic carbocycles. The minimum Gasteiger partial charge on any atom is -0.264 e. The third-order valence-corrected chi connectivity index (χ3v) is 3.31. The van der Waals surface area contributed by atoms with Gasteiger partial charge in [0.25, 0.3) is 0 Å². The Bertz CT molecular complexity index is 509. The zero-order chi connectivity index (χ0) is 12.5. The number of hydrogen-bond acceptors (Lipinski definition) is 1. The van der Waals surface area contributed by atoms with Crippen LogP contribution in [-0.2, 0) is 5.41 Å². The van der Waals surface area contributed by atoms with Gasteiger partial charge in [-0.3, -0.25) is 4.98 Å². The monoisotopic (exact) mass is 289 g/mol. The third kappa shape index (κ3) is 2.75. The van der Waals surface area contributed by atoms with Crippen LogP contribution in [0.5, 0.6) is 0 Å². The maximum atomic E-state index is 4.25. The van der Waals surface area contributed by atoms with Gasteiger partial charge in [0.1, 0.15) is 0 Å². The molecule has 0 aliphatic heterocycles. The van der Waals surface area contributed by atoms with Crippen LogP contribution in [0.15, 0.2) is 47.2 Å². The van der Waals surface area contributed by atoms with Crippen molar-refractivity contribution in [2.75, 3.05) is 0 Å². The molecule has 0 atom stereocenters. The molecule has 0 fully saturated rings. The fourth-order valence-electron chi connectivity index (χ4n) is 1.87. The molecule has 0 N–H and O–H groups in total. The van der Waals surface area contributed by atoms with E-state index >= 15 is 0 Å². The Morgan fingerprint density at radius 3 is 2.24 bits per heavy atom. The highest BCUT2D eigenvalue weighted by Crippen LogP contribution is 2.32. The lowest BCUT2D eigenvalue weighted by Gasteiger charge is -2.22. The van der Waals surface area contributed by atoms with Crippen molar-refractivity contribution in [3.05, 3.63) is 52.8 Å². The molecule has 1 heterocycles. The van der Waals surface area contributed by atoms with Crippen LogP contribution in [0.2, 0.25) is 0 Å². The van der Waals surface area contributed by atoms with Gasteiger partial charge in [0.15, 0.2) is 0 Å². The fraction of sp³-hybridized carbons (Fsp3) is 0.267. The van der Waals surface area contributed by atoms with Gasteiger partial charge >= 0.3 is 0 Å². The molecule has 0 spiro atoms. The van der Waals surface area contributed by atoms with Gasteiger partial charge in [0, 0.05) is 16.9 Å². The summed E-state index contributed by atoms with van der Waals surface area (Å²) >= 11 is 3.46. The van der Waals surface area contributed by atoms with Crippen molar-refractivity contribution in [2.24, 2.45) is 0 Å². The third-order valence-electron chi connectivity index (χ3n) is 2.78. The summed E-state index contributed by atoms with van der Waals surface area (Å²) in [5, 5.41) is 0. The van der Waals surface area contributed by atoms with Crippen LogP contribution in [0, 0.1) is 0 Å².